The highest BCUT2D eigenvalue weighted by Gasteiger charge is 2.35. The highest BCUT2D eigenvalue weighted by Crippen LogP contribution is 2.24. The number of carbonyl (C=O) groups is 1. The number of nitrogens with two attached hydrogens (primary N) is 1. The summed E-state index contributed by atoms with van der Waals surface area (Å²) in [6, 6.07) is 0.279. The molecule has 3 N–H and O–H groups in total. The number of halogens is 2. The van der Waals surface area contributed by atoms with Crippen molar-refractivity contribution in [3.05, 3.63) is 0 Å². The summed E-state index contributed by atoms with van der Waals surface area (Å²) in [4.78, 5) is 14.1. The summed E-state index contributed by atoms with van der Waals surface area (Å²) in [5.41, 5.74) is 5.74. The Morgan fingerprint density at radius 2 is 2.06 bits per heavy atom. The topological polar surface area (TPSA) is 58.4 Å². The Hall–Kier alpha value is -0.0300. The van der Waals surface area contributed by atoms with Crippen molar-refractivity contribution in [2.45, 2.75) is 25.8 Å². The zero-order valence-corrected chi connectivity index (χ0v) is 11.9. The van der Waals surface area contributed by atoms with E-state index in [1.54, 1.807) is 0 Å². The predicted octanol–water partition coefficient (Wildman–Crippen LogP) is 0.635. The van der Waals surface area contributed by atoms with Crippen molar-refractivity contribution in [3.63, 3.8) is 0 Å². The molecule has 102 valence electrons. The maximum Gasteiger partial charge on any atom is 0.228 e. The fourth-order valence-electron chi connectivity index (χ4n) is 2.46. The van der Waals surface area contributed by atoms with E-state index in [0.29, 0.717) is 18.4 Å². The molecule has 2 atom stereocenters. The fraction of sp³-hybridized carbons (Fsp3) is 0.909. The molecule has 0 bridgehead atoms. The third kappa shape index (κ3) is 3.71. The van der Waals surface area contributed by atoms with Gasteiger partial charge in [-0.2, -0.15) is 0 Å². The molecule has 0 aromatic carbocycles. The first-order chi connectivity index (χ1) is 7.22. The third-order valence-corrected chi connectivity index (χ3v) is 3.66. The van der Waals surface area contributed by atoms with Gasteiger partial charge in [0.2, 0.25) is 5.91 Å². The van der Waals surface area contributed by atoms with Gasteiger partial charge < -0.3 is 16.0 Å². The molecular weight excluding hydrogens is 261 g/mol. The van der Waals surface area contributed by atoms with E-state index in [9.17, 15) is 4.79 Å². The van der Waals surface area contributed by atoms with Crippen LogP contribution >= 0.6 is 24.8 Å². The zero-order valence-electron chi connectivity index (χ0n) is 10.2. The summed E-state index contributed by atoms with van der Waals surface area (Å²) >= 11 is 0. The average Bonchev–Trinajstić information content (AvgIpc) is 2.14. The minimum Gasteiger partial charge on any atom is -0.338 e. The molecule has 2 heterocycles. The smallest absolute Gasteiger partial charge is 0.228 e. The van der Waals surface area contributed by atoms with Crippen LogP contribution in [0, 0.1) is 11.8 Å². The number of rotatable bonds is 2. The predicted molar refractivity (Wildman–Crippen MR) is 73.8 cm³/mol. The Balaban J connectivity index is 0.00000128. The molecule has 2 rings (SSSR count). The maximum atomic E-state index is 12.1. The largest absolute Gasteiger partial charge is 0.338 e. The number of carbonyl (C=O) groups excluding carboxylic acids is 1. The second-order valence-electron chi connectivity index (χ2n) is 4.91. The summed E-state index contributed by atoms with van der Waals surface area (Å²) < 4.78 is 0. The van der Waals surface area contributed by atoms with Gasteiger partial charge in [0.25, 0.3) is 0 Å². The first-order valence-corrected chi connectivity index (χ1v) is 5.93. The van der Waals surface area contributed by atoms with Gasteiger partial charge in [0.1, 0.15) is 0 Å². The Bertz CT molecular complexity index is 249. The van der Waals surface area contributed by atoms with Gasteiger partial charge in [-0.15, -0.1) is 24.8 Å². The van der Waals surface area contributed by atoms with Gasteiger partial charge in [0.05, 0.1) is 5.92 Å². The standard InChI is InChI=1S/C11H21N3O.2ClH/c1-8-2-3-14(10(4-8)5-12)11(15)9-6-13-7-9;;/h8-10,13H,2-7,12H2,1H3;2*1H. The van der Waals surface area contributed by atoms with Gasteiger partial charge in [-0.25, -0.2) is 0 Å². The summed E-state index contributed by atoms with van der Waals surface area (Å²) in [5, 5.41) is 3.14. The van der Waals surface area contributed by atoms with Gasteiger partial charge in [-0.05, 0) is 18.8 Å². The summed E-state index contributed by atoms with van der Waals surface area (Å²) in [5.74, 6) is 1.24. The first-order valence-electron chi connectivity index (χ1n) is 5.93. The summed E-state index contributed by atoms with van der Waals surface area (Å²) in [6.45, 7) is 5.45. The molecule has 2 aliphatic rings. The van der Waals surface area contributed by atoms with Crippen LogP contribution in [0.3, 0.4) is 0 Å². The summed E-state index contributed by atoms with van der Waals surface area (Å²) in [6.07, 6.45) is 2.20. The molecule has 2 saturated heterocycles. The zero-order chi connectivity index (χ0) is 10.8. The van der Waals surface area contributed by atoms with Crippen LogP contribution < -0.4 is 11.1 Å². The lowest BCUT2D eigenvalue weighted by Crippen LogP contribution is -2.57. The monoisotopic (exact) mass is 283 g/mol. The Morgan fingerprint density at radius 3 is 2.53 bits per heavy atom. The normalized spacial score (nSPS) is 28.7. The number of hydrogen-bond acceptors (Lipinski definition) is 3. The molecule has 0 spiro atoms. The van der Waals surface area contributed by atoms with Crippen molar-refractivity contribution in [3.8, 4) is 0 Å². The van der Waals surface area contributed by atoms with Crippen molar-refractivity contribution in [1.29, 1.82) is 0 Å². The van der Waals surface area contributed by atoms with E-state index in [-0.39, 0.29) is 36.8 Å². The Kier molecular flexibility index (Phi) is 7.40. The second kappa shape index (κ2) is 7.41. The average molecular weight is 284 g/mol. The molecular formula is C11H23Cl2N3O. The number of hydrogen-bond donors (Lipinski definition) is 2. The van der Waals surface area contributed by atoms with Crippen molar-refractivity contribution in [2.75, 3.05) is 26.2 Å². The van der Waals surface area contributed by atoms with Crippen LogP contribution in [0.2, 0.25) is 0 Å². The molecule has 0 aromatic heterocycles. The maximum absolute atomic E-state index is 12.1. The van der Waals surface area contributed by atoms with Crippen molar-refractivity contribution < 1.29 is 4.79 Å². The first kappa shape index (κ1) is 17.0. The van der Waals surface area contributed by atoms with Crippen molar-refractivity contribution in [2.24, 2.45) is 17.6 Å². The lowest BCUT2D eigenvalue weighted by molar-refractivity contribution is -0.141. The van der Waals surface area contributed by atoms with Crippen LogP contribution in [0.25, 0.3) is 0 Å². The molecule has 6 heteroatoms. The van der Waals surface area contributed by atoms with E-state index in [4.69, 9.17) is 5.73 Å². The number of nitrogens with zero attached hydrogens (tertiary/aromatic N) is 1. The van der Waals surface area contributed by atoms with Gasteiger partial charge in [-0.1, -0.05) is 6.92 Å². The SMILES string of the molecule is CC1CCN(C(=O)C2CNC2)C(CN)C1.Cl.Cl. The van der Waals surface area contributed by atoms with Crippen molar-refractivity contribution in [1.82, 2.24) is 10.2 Å². The molecule has 0 aliphatic carbocycles. The minimum absolute atomic E-state index is 0. The lowest BCUT2D eigenvalue weighted by Gasteiger charge is -2.41. The second-order valence-corrected chi connectivity index (χ2v) is 4.91. The van der Waals surface area contributed by atoms with E-state index in [2.05, 4.69) is 12.2 Å². The Morgan fingerprint density at radius 1 is 1.41 bits per heavy atom. The van der Waals surface area contributed by atoms with Crippen LogP contribution in [0.4, 0.5) is 0 Å². The van der Waals surface area contributed by atoms with E-state index >= 15 is 0 Å². The van der Waals surface area contributed by atoms with Crippen LogP contribution in [0.5, 0.6) is 0 Å². The Labute approximate surface area is 115 Å². The lowest BCUT2D eigenvalue weighted by atomic mass is 9.90. The van der Waals surface area contributed by atoms with Crippen LogP contribution in [0.1, 0.15) is 19.8 Å². The van der Waals surface area contributed by atoms with E-state index in [0.717, 1.165) is 32.5 Å². The number of amides is 1. The van der Waals surface area contributed by atoms with Gasteiger partial charge in [0, 0.05) is 32.2 Å². The molecule has 2 aliphatic heterocycles. The highest BCUT2D eigenvalue weighted by atomic mass is 35.5. The van der Waals surface area contributed by atoms with Gasteiger partial charge in [0.15, 0.2) is 0 Å². The molecule has 2 fully saturated rings. The fourth-order valence-corrected chi connectivity index (χ4v) is 2.46. The van der Waals surface area contributed by atoms with Crippen LogP contribution in [-0.2, 0) is 4.79 Å². The van der Waals surface area contributed by atoms with Gasteiger partial charge >= 0.3 is 0 Å². The molecule has 1 amide bonds. The van der Waals surface area contributed by atoms with E-state index < -0.39 is 0 Å². The van der Waals surface area contributed by atoms with E-state index in [1.807, 2.05) is 4.90 Å². The molecule has 17 heavy (non-hydrogen) atoms. The molecule has 4 nitrogen and oxygen atoms in total. The molecule has 0 saturated carbocycles. The summed E-state index contributed by atoms with van der Waals surface area (Å²) in [7, 11) is 0. The van der Waals surface area contributed by atoms with Gasteiger partial charge in [-0.3, -0.25) is 4.79 Å². The highest BCUT2D eigenvalue weighted by molar-refractivity contribution is 5.85. The van der Waals surface area contributed by atoms with Crippen LogP contribution in [0.15, 0.2) is 0 Å². The molecule has 2 unspecified atom stereocenters. The molecule has 0 aromatic rings. The number of piperidine rings is 1. The number of likely N-dealkylation sites (tertiary alicyclic amines) is 1. The van der Waals surface area contributed by atoms with E-state index in [1.165, 1.54) is 0 Å². The van der Waals surface area contributed by atoms with Crippen molar-refractivity contribution >= 4 is 30.7 Å². The quantitative estimate of drug-likeness (QED) is 0.782. The minimum atomic E-state index is 0. The number of nitrogens with one attached hydrogen (secondary N) is 1. The molecule has 0 radical (unpaired) electrons. The van der Waals surface area contributed by atoms with Crippen LogP contribution in [-0.4, -0.2) is 43.0 Å². The third-order valence-electron chi connectivity index (χ3n) is 3.66.